The highest BCUT2D eigenvalue weighted by Crippen LogP contribution is 2.09. The molecule has 0 aliphatic rings. The van der Waals surface area contributed by atoms with Crippen LogP contribution in [0.4, 0.5) is 0 Å². The lowest BCUT2D eigenvalue weighted by Crippen LogP contribution is -1.99. The second kappa shape index (κ2) is 5.96. The van der Waals surface area contributed by atoms with Crippen LogP contribution in [0.1, 0.15) is 32.3 Å². The van der Waals surface area contributed by atoms with Gasteiger partial charge in [0.05, 0.1) is 5.71 Å². The molecule has 3 heteroatoms. The summed E-state index contributed by atoms with van der Waals surface area (Å²) >= 11 is 0. The van der Waals surface area contributed by atoms with Gasteiger partial charge in [0.2, 0.25) is 0 Å². The number of hydrogen-bond donors (Lipinski definition) is 1. The number of oxime groups is 1. The Morgan fingerprint density at radius 1 is 1.47 bits per heavy atom. The third kappa shape index (κ3) is 3.54. The van der Waals surface area contributed by atoms with Crippen molar-refractivity contribution in [3.05, 3.63) is 35.7 Å². The quantitative estimate of drug-likeness (QED) is 0.465. The molecule has 1 N–H and O–H groups in total. The SMILES string of the molecule is CCCC(=NO)C(C)=Cc1ccncc1. The van der Waals surface area contributed by atoms with E-state index in [9.17, 15) is 0 Å². The Labute approximate surface area is 90.2 Å². The first-order valence-corrected chi connectivity index (χ1v) is 5.07. The van der Waals surface area contributed by atoms with Gasteiger partial charge in [0.25, 0.3) is 0 Å². The first-order valence-electron chi connectivity index (χ1n) is 5.07. The number of nitrogens with zero attached hydrogens (tertiary/aromatic N) is 2. The van der Waals surface area contributed by atoms with Crippen molar-refractivity contribution in [2.24, 2.45) is 5.16 Å². The van der Waals surface area contributed by atoms with Crippen LogP contribution in [0.2, 0.25) is 0 Å². The van der Waals surface area contributed by atoms with Crippen molar-refractivity contribution in [3.63, 3.8) is 0 Å². The Hall–Kier alpha value is -1.64. The van der Waals surface area contributed by atoms with Crippen molar-refractivity contribution in [1.82, 2.24) is 4.98 Å². The third-order valence-electron chi connectivity index (χ3n) is 2.15. The molecule has 1 aromatic rings. The molecule has 0 saturated heterocycles. The van der Waals surface area contributed by atoms with Crippen molar-refractivity contribution in [2.45, 2.75) is 26.7 Å². The topological polar surface area (TPSA) is 45.5 Å². The minimum atomic E-state index is 0.745. The predicted octanol–water partition coefficient (Wildman–Crippen LogP) is 3.12. The van der Waals surface area contributed by atoms with Gasteiger partial charge in [-0.3, -0.25) is 4.98 Å². The van der Waals surface area contributed by atoms with E-state index in [2.05, 4.69) is 17.1 Å². The highest BCUT2D eigenvalue weighted by atomic mass is 16.4. The van der Waals surface area contributed by atoms with E-state index in [1.807, 2.05) is 25.1 Å². The maximum absolute atomic E-state index is 8.84. The normalized spacial score (nSPS) is 12.9. The molecular formula is C12H16N2O. The standard InChI is InChI=1S/C12H16N2O/c1-3-4-12(14-15)10(2)9-11-5-7-13-8-6-11/h5-9,15H,3-4H2,1-2H3. The summed E-state index contributed by atoms with van der Waals surface area (Å²) < 4.78 is 0. The van der Waals surface area contributed by atoms with E-state index >= 15 is 0 Å². The van der Waals surface area contributed by atoms with E-state index < -0.39 is 0 Å². The summed E-state index contributed by atoms with van der Waals surface area (Å²) in [5, 5.41) is 12.1. The number of pyridine rings is 1. The molecule has 80 valence electrons. The highest BCUT2D eigenvalue weighted by molar-refractivity contribution is 6.02. The van der Waals surface area contributed by atoms with Crippen molar-refractivity contribution in [3.8, 4) is 0 Å². The molecule has 0 aromatic carbocycles. The van der Waals surface area contributed by atoms with Gasteiger partial charge in [-0.05, 0) is 42.7 Å². The number of rotatable bonds is 4. The summed E-state index contributed by atoms with van der Waals surface area (Å²) in [6.45, 7) is 4.01. The second-order valence-electron chi connectivity index (χ2n) is 3.40. The van der Waals surface area contributed by atoms with Gasteiger partial charge in [-0.2, -0.15) is 0 Å². The van der Waals surface area contributed by atoms with Crippen LogP contribution in [0.3, 0.4) is 0 Å². The Bertz CT molecular complexity index is 355. The molecule has 0 aliphatic heterocycles. The molecule has 15 heavy (non-hydrogen) atoms. The zero-order valence-electron chi connectivity index (χ0n) is 9.14. The third-order valence-corrected chi connectivity index (χ3v) is 2.15. The van der Waals surface area contributed by atoms with Crippen LogP contribution in [0.25, 0.3) is 6.08 Å². The summed E-state index contributed by atoms with van der Waals surface area (Å²) in [6.07, 6.45) is 7.25. The monoisotopic (exact) mass is 204 g/mol. The molecule has 0 spiro atoms. The van der Waals surface area contributed by atoms with Gasteiger partial charge in [0.15, 0.2) is 0 Å². The first-order chi connectivity index (χ1) is 7.27. The summed E-state index contributed by atoms with van der Waals surface area (Å²) in [7, 11) is 0. The van der Waals surface area contributed by atoms with Crippen LogP contribution in [-0.2, 0) is 0 Å². The molecule has 0 amide bonds. The predicted molar refractivity (Wildman–Crippen MR) is 62.0 cm³/mol. The fourth-order valence-electron chi connectivity index (χ4n) is 1.36. The Kier molecular flexibility index (Phi) is 4.54. The van der Waals surface area contributed by atoms with E-state index in [-0.39, 0.29) is 0 Å². The van der Waals surface area contributed by atoms with Crippen molar-refractivity contribution < 1.29 is 5.21 Å². The fraction of sp³-hybridized carbons (Fsp3) is 0.333. The Morgan fingerprint density at radius 3 is 2.67 bits per heavy atom. The van der Waals surface area contributed by atoms with E-state index in [0.29, 0.717) is 0 Å². The zero-order valence-corrected chi connectivity index (χ0v) is 9.14. The number of allylic oxidation sites excluding steroid dienone is 1. The molecule has 0 radical (unpaired) electrons. The lowest BCUT2D eigenvalue weighted by atomic mass is 10.1. The Balaban J connectivity index is 2.83. The van der Waals surface area contributed by atoms with Crippen molar-refractivity contribution in [2.75, 3.05) is 0 Å². The summed E-state index contributed by atoms with van der Waals surface area (Å²) in [4.78, 5) is 3.95. The van der Waals surface area contributed by atoms with Gasteiger partial charge < -0.3 is 5.21 Å². The van der Waals surface area contributed by atoms with Gasteiger partial charge >= 0.3 is 0 Å². The van der Waals surface area contributed by atoms with Crippen LogP contribution in [-0.4, -0.2) is 15.9 Å². The van der Waals surface area contributed by atoms with Crippen LogP contribution < -0.4 is 0 Å². The summed E-state index contributed by atoms with van der Waals surface area (Å²) in [5.41, 5.74) is 2.81. The molecule has 0 saturated carbocycles. The van der Waals surface area contributed by atoms with Crippen LogP contribution in [0, 0.1) is 0 Å². The first kappa shape index (κ1) is 11.4. The zero-order chi connectivity index (χ0) is 11.1. The van der Waals surface area contributed by atoms with Crippen molar-refractivity contribution in [1.29, 1.82) is 0 Å². The van der Waals surface area contributed by atoms with E-state index in [4.69, 9.17) is 5.21 Å². The molecule has 0 unspecified atom stereocenters. The molecule has 0 bridgehead atoms. The van der Waals surface area contributed by atoms with Crippen LogP contribution in [0.15, 0.2) is 35.3 Å². The average Bonchev–Trinajstić information content (AvgIpc) is 2.27. The number of hydrogen-bond acceptors (Lipinski definition) is 3. The lowest BCUT2D eigenvalue weighted by Gasteiger charge is -2.02. The van der Waals surface area contributed by atoms with Gasteiger partial charge in [-0.15, -0.1) is 0 Å². The number of aromatic nitrogens is 1. The molecular weight excluding hydrogens is 188 g/mol. The van der Waals surface area contributed by atoms with E-state index in [0.717, 1.165) is 29.7 Å². The van der Waals surface area contributed by atoms with E-state index in [1.54, 1.807) is 12.4 Å². The summed E-state index contributed by atoms with van der Waals surface area (Å²) in [6, 6.07) is 3.84. The maximum Gasteiger partial charge on any atom is 0.0824 e. The van der Waals surface area contributed by atoms with Crippen LogP contribution >= 0.6 is 0 Å². The molecule has 0 fully saturated rings. The minimum absolute atomic E-state index is 0.745. The smallest absolute Gasteiger partial charge is 0.0824 e. The van der Waals surface area contributed by atoms with Gasteiger partial charge in [0.1, 0.15) is 0 Å². The molecule has 1 rings (SSSR count). The van der Waals surface area contributed by atoms with Crippen molar-refractivity contribution >= 4 is 11.8 Å². The van der Waals surface area contributed by atoms with Gasteiger partial charge in [0, 0.05) is 12.4 Å². The fourth-order valence-corrected chi connectivity index (χ4v) is 1.36. The second-order valence-corrected chi connectivity index (χ2v) is 3.40. The maximum atomic E-state index is 8.84. The highest BCUT2D eigenvalue weighted by Gasteiger charge is 2.01. The van der Waals surface area contributed by atoms with E-state index in [1.165, 1.54) is 0 Å². The molecule has 3 nitrogen and oxygen atoms in total. The molecule has 1 aromatic heterocycles. The molecule has 0 aliphatic carbocycles. The van der Waals surface area contributed by atoms with Gasteiger partial charge in [-0.1, -0.05) is 18.5 Å². The summed E-state index contributed by atoms with van der Waals surface area (Å²) in [5.74, 6) is 0. The Morgan fingerprint density at radius 2 is 2.13 bits per heavy atom. The largest absolute Gasteiger partial charge is 0.411 e. The minimum Gasteiger partial charge on any atom is -0.411 e. The molecule has 1 heterocycles. The lowest BCUT2D eigenvalue weighted by molar-refractivity contribution is 0.318. The average molecular weight is 204 g/mol. The van der Waals surface area contributed by atoms with Crippen LogP contribution in [0.5, 0.6) is 0 Å². The van der Waals surface area contributed by atoms with Gasteiger partial charge in [-0.25, -0.2) is 0 Å². The molecule has 0 atom stereocenters.